The Labute approximate surface area is 204 Å². The molecule has 5 nitrogen and oxygen atoms in total. The molecule has 0 aliphatic carbocycles. The van der Waals surface area contributed by atoms with Gasteiger partial charge in [0.05, 0.1) is 5.56 Å². The molecule has 34 heavy (non-hydrogen) atoms. The van der Waals surface area contributed by atoms with E-state index in [1.165, 1.54) is 0 Å². The third-order valence-electron chi connectivity index (χ3n) is 5.30. The van der Waals surface area contributed by atoms with Crippen LogP contribution in [0.1, 0.15) is 30.6 Å². The Morgan fingerprint density at radius 1 is 0.853 bits per heavy atom. The number of carbonyl (C=O) groups excluding carboxylic acids is 2. The Morgan fingerprint density at radius 2 is 1.35 bits per heavy atom. The van der Waals surface area contributed by atoms with Crippen LogP contribution in [0.25, 0.3) is 11.1 Å². The fourth-order valence-corrected chi connectivity index (χ4v) is 3.27. The zero-order valence-electron chi connectivity index (χ0n) is 19.2. The Kier molecular flexibility index (Phi) is 8.88. The number of carbonyl (C=O) groups is 2. The van der Waals surface area contributed by atoms with Crippen molar-refractivity contribution in [3.63, 3.8) is 0 Å². The van der Waals surface area contributed by atoms with Crippen LogP contribution < -0.4 is 14.2 Å². The van der Waals surface area contributed by atoms with E-state index in [2.05, 4.69) is 6.58 Å². The molecule has 0 aliphatic rings. The topological polar surface area (TPSA) is 61.8 Å². The fraction of sp³-hybridized carbons (Fsp3) is 0.214. The molecule has 0 bridgehead atoms. The lowest BCUT2D eigenvalue weighted by Gasteiger charge is -2.15. The first-order valence-electron chi connectivity index (χ1n) is 11.0. The van der Waals surface area contributed by atoms with Gasteiger partial charge >= 0.3 is 11.9 Å². The van der Waals surface area contributed by atoms with Crippen molar-refractivity contribution in [2.45, 2.75) is 25.6 Å². The van der Waals surface area contributed by atoms with Crippen molar-refractivity contribution in [1.82, 2.24) is 0 Å². The molecule has 0 unspecified atom stereocenters. The molecular formula is C28H27ClO5. The van der Waals surface area contributed by atoms with Crippen LogP contribution in [0.3, 0.4) is 0 Å². The van der Waals surface area contributed by atoms with Gasteiger partial charge in [-0.05, 0) is 65.6 Å². The van der Waals surface area contributed by atoms with E-state index in [0.717, 1.165) is 17.5 Å². The minimum Gasteiger partial charge on any atom is -0.490 e. The molecule has 0 radical (unpaired) electrons. The SMILES string of the molecule is C=CCOc1ccc(C(=O)Oc2ccc(-c3ccc(OC(=O)[C@@H](Cl)[C@@H](C)CC)cc3)cc2)cc1. The Morgan fingerprint density at radius 3 is 1.85 bits per heavy atom. The van der Waals surface area contributed by atoms with Crippen LogP contribution in [0.15, 0.2) is 85.5 Å². The number of esters is 2. The van der Waals surface area contributed by atoms with Gasteiger partial charge in [-0.3, -0.25) is 4.79 Å². The van der Waals surface area contributed by atoms with Gasteiger partial charge in [-0.1, -0.05) is 57.2 Å². The molecule has 0 aliphatic heterocycles. The van der Waals surface area contributed by atoms with E-state index >= 15 is 0 Å². The van der Waals surface area contributed by atoms with Crippen LogP contribution in [0.5, 0.6) is 17.2 Å². The monoisotopic (exact) mass is 478 g/mol. The number of ether oxygens (including phenoxy) is 3. The zero-order chi connectivity index (χ0) is 24.5. The fourth-order valence-electron chi connectivity index (χ4n) is 3.05. The summed E-state index contributed by atoms with van der Waals surface area (Å²) in [6.45, 7) is 7.89. The highest BCUT2D eigenvalue weighted by atomic mass is 35.5. The van der Waals surface area contributed by atoms with Gasteiger partial charge in [0, 0.05) is 0 Å². The summed E-state index contributed by atoms with van der Waals surface area (Å²) >= 11 is 6.15. The molecule has 2 atom stereocenters. The first-order chi connectivity index (χ1) is 16.4. The Hall–Kier alpha value is -3.57. The van der Waals surface area contributed by atoms with Crippen LogP contribution in [0.4, 0.5) is 0 Å². The molecular weight excluding hydrogens is 452 g/mol. The molecule has 0 saturated heterocycles. The Balaban J connectivity index is 1.59. The lowest BCUT2D eigenvalue weighted by atomic mass is 10.0. The number of benzene rings is 3. The quantitative estimate of drug-likeness (QED) is 0.140. The first kappa shape index (κ1) is 25.1. The summed E-state index contributed by atoms with van der Waals surface area (Å²) in [5.74, 6) is 0.660. The van der Waals surface area contributed by atoms with Crippen LogP contribution >= 0.6 is 11.6 Å². The number of halogens is 1. The molecule has 0 fully saturated rings. The molecule has 0 aromatic heterocycles. The molecule has 0 heterocycles. The van der Waals surface area contributed by atoms with Crippen LogP contribution in [0, 0.1) is 5.92 Å². The first-order valence-corrected chi connectivity index (χ1v) is 11.5. The van der Waals surface area contributed by atoms with Gasteiger partial charge in [0.15, 0.2) is 0 Å². The molecule has 176 valence electrons. The van der Waals surface area contributed by atoms with Crippen molar-refractivity contribution in [1.29, 1.82) is 0 Å². The molecule has 3 aromatic rings. The van der Waals surface area contributed by atoms with E-state index in [4.69, 9.17) is 25.8 Å². The van der Waals surface area contributed by atoms with Crippen molar-refractivity contribution in [2.75, 3.05) is 6.61 Å². The van der Waals surface area contributed by atoms with Gasteiger partial charge in [0.2, 0.25) is 0 Å². The standard InChI is InChI=1S/C28H27ClO5/c1-4-18-32-23-12-10-22(11-13-23)27(30)33-24-14-6-20(7-15-24)21-8-16-25(17-9-21)34-28(31)26(29)19(3)5-2/h4,6-17,19,26H,1,5,18H2,2-3H3/t19-,26-/m0/s1. The minimum atomic E-state index is -0.677. The Bertz CT molecular complexity index is 1110. The molecule has 0 amide bonds. The summed E-state index contributed by atoms with van der Waals surface area (Å²) in [5.41, 5.74) is 2.28. The van der Waals surface area contributed by atoms with Gasteiger partial charge in [0.1, 0.15) is 29.2 Å². The highest BCUT2D eigenvalue weighted by Gasteiger charge is 2.23. The third kappa shape index (κ3) is 6.72. The second-order valence-corrected chi connectivity index (χ2v) is 8.24. The van der Waals surface area contributed by atoms with E-state index in [0.29, 0.717) is 29.4 Å². The molecule has 3 aromatic carbocycles. The van der Waals surface area contributed by atoms with Crippen LogP contribution in [-0.2, 0) is 4.79 Å². The largest absolute Gasteiger partial charge is 0.490 e. The zero-order valence-corrected chi connectivity index (χ0v) is 20.0. The summed E-state index contributed by atoms with van der Waals surface area (Å²) in [7, 11) is 0. The van der Waals surface area contributed by atoms with Crippen LogP contribution in [-0.4, -0.2) is 23.9 Å². The summed E-state index contributed by atoms with van der Waals surface area (Å²) < 4.78 is 16.3. The summed E-state index contributed by atoms with van der Waals surface area (Å²) in [4.78, 5) is 24.5. The van der Waals surface area contributed by atoms with Gasteiger partial charge in [-0.15, -0.1) is 11.6 Å². The average molecular weight is 479 g/mol. The van der Waals surface area contributed by atoms with Gasteiger partial charge in [-0.25, -0.2) is 4.79 Å². The molecule has 6 heteroatoms. The number of hydrogen-bond donors (Lipinski definition) is 0. The normalized spacial score (nSPS) is 12.3. The highest BCUT2D eigenvalue weighted by molar-refractivity contribution is 6.30. The van der Waals surface area contributed by atoms with E-state index in [1.807, 2.05) is 38.1 Å². The van der Waals surface area contributed by atoms with Gasteiger partial charge in [-0.2, -0.15) is 0 Å². The third-order valence-corrected chi connectivity index (χ3v) is 5.91. The van der Waals surface area contributed by atoms with Crippen LogP contribution in [0.2, 0.25) is 0 Å². The second kappa shape index (κ2) is 12.1. The number of rotatable bonds is 10. The molecule has 0 N–H and O–H groups in total. The predicted molar refractivity (Wildman–Crippen MR) is 134 cm³/mol. The smallest absolute Gasteiger partial charge is 0.343 e. The molecule has 0 saturated carbocycles. The van der Waals surface area contributed by atoms with Gasteiger partial charge < -0.3 is 14.2 Å². The molecule has 3 rings (SSSR count). The van der Waals surface area contributed by atoms with Crippen molar-refractivity contribution >= 4 is 23.5 Å². The van der Waals surface area contributed by atoms with Gasteiger partial charge in [0.25, 0.3) is 0 Å². The maximum Gasteiger partial charge on any atom is 0.343 e. The summed E-state index contributed by atoms with van der Waals surface area (Å²) in [5, 5.41) is -0.677. The number of hydrogen-bond acceptors (Lipinski definition) is 5. The van der Waals surface area contributed by atoms with E-state index in [1.54, 1.807) is 54.6 Å². The minimum absolute atomic E-state index is 0.0387. The maximum absolute atomic E-state index is 12.4. The lowest BCUT2D eigenvalue weighted by Crippen LogP contribution is -2.26. The average Bonchev–Trinajstić information content (AvgIpc) is 2.87. The highest BCUT2D eigenvalue weighted by Crippen LogP contribution is 2.26. The van der Waals surface area contributed by atoms with Crippen molar-refractivity contribution in [3.05, 3.63) is 91.0 Å². The molecule has 0 spiro atoms. The van der Waals surface area contributed by atoms with Crippen molar-refractivity contribution in [3.8, 4) is 28.4 Å². The second-order valence-electron chi connectivity index (χ2n) is 7.77. The summed E-state index contributed by atoms with van der Waals surface area (Å²) in [6, 6.07) is 21.0. The van der Waals surface area contributed by atoms with E-state index < -0.39 is 17.3 Å². The maximum atomic E-state index is 12.4. The lowest BCUT2D eigenvalue weighted by molar-refractivity contribution is -0.134. The van der Waals surface area contributed by atoms with E-state index in [9.17, 15) is 9.59 Å². The van der Waals surface area contributed by atoms with Crippen molar-refractivity contribution in [2.24, 2.45) is 5.92 Å². The van der Waals surface area contributed by atoms with Crippen molar-refractivity contribution < 1.29 is 23.8 Å². The number of alkyl halides is 1. The predicted octanol–water partition coefficient (Wildman–Crippen LogP) is 6.70. The summed E-state index contributed by atoms with van der Waals surface area (Å²) in [6.07, 6.45) is 2.45. The van der Waals surface area contributed by atoms with E-state index in [-0.39, 0.29) is 5.92 Å².